The van der Waals surface area contributed by atoms with Crippen LogP contribution in [-0.2, 0) is 0 Å². The Labute approximate surface area is 121 Å². The Balaban J connectivity index is 1.56. The van der Waals surface area contributed by atoms with E-state index in [0.717, 1.165) is 17.9 Å². The molecule has 1 aromatic rings. The molecule has 3 rings (SSSR count). The summed E-state index contributed by atoms with van der Waals surface area (Å²) in [5, 5.41) is 3.51. The van der Waals surface area contributed by atoms with Gasteiger partial charge in [-0.15, -0.1) is 0 Å². The van der Waals surface area contributed by atoms with E-state index in [9.17, 15) is 0 Å². The zero-order valence-corrected chi connectivity index (χ0v) is 12.3. The Morgan fingerprint density at radius 3 is 3.05 bits per heavy atom. The number of nitrogens with one attached hydrogen (secondary N) is 1. The molecule has 0 radical (unpaired) electrons. The van der Waals surface area contributed by atoms with Crippen LogP contribution in [0.3, 0.4) is 0 Å². The number of methoxy groups -OCH3 is 1. The van der Waals surface area contributed by atoms with E-state index < -0.39 is 0 Å². The molecule has 0 aliphatic carbocycles. The monoisotopic (exact) mass is 272 g/mol. The molecule has 2 aliphatic heterocycles. The Hall–Kier alpha value is -1.32. The molecule has 1 aromatic carbocycles. The van der Waals surface area contributed by atoms with Crippen molar-refractivity contribution in [2.24, 2.45) is 5.41 Å². The van der Waals surface area contributed by atoms with Gasteiger partial charge >= 0.3 is 0 Å². The number of hydrogen-bond acceptors (Lipinski definition) is 3. The first-order valence-corrected chi connectivity index (χ1v) is 7.54. The highest BCUT2D eigenvalue weighted by molar-refractivity contribution is 5.57. The number of nitrogens with zero attached hydrogens (tertiary/aromatic N) is 1. The lowest BCUT2D eigenvalue weighted by molar-refractivity contribution is 0.293. The molecular formula is C17H24N2O. The minimum absolute atomic E-state index is 0.568. The van der Waals surface area contributed by atoms with Crippen LogP contribution in [0.5, 0.6) is 5.75 Å². The predicted molar refractivity (Wildman–Crippen MR) is 83.0 cm³/mol. The molecule has 0 saturated carbocycles. The summed E-state index contributed by atoms with van der Waals surface area (Å²) < 4.78 is 5.37. The molecule has 2 fully saturated rings. The van der Waals surface area contributed by atoms with Gasteiger partial charge in [-0.2, -0.15) is 0 Å². The van der Waals surface area contributed by atoms with E-state index in [1.807, 2.05) is 12.1 Å². The number of para-hydroxylation sites is 1. The van der Waals surface area contributed by atoms with Crippen LogP contribution < -0.4 is 10.1 Å². The maximum Gasteiger partial charge on any atom is 0.126 e. The first-order chi connectivity index (χ1) is 9.81. The van der Waals surface area contributed by atoms with Crippen LogP contribution >= 0.6 is 0 Å². The molecule has 2 saturated heterocycles. The van der Waals surface area contributed by atoms with E-state index >= 15 is 0 Å². The van der Waals surface area contributed by atoms with Crippen LogP contribution in [0.2, 0.25) is 0 Å². The second-order valence-electron chi connectivity index (χ2n) is 6.06. The highest BCUT2D eigenvalue weighted by atomic mass is 16.5. The quantitative estimate of drug-likeness (QED) is 0.911. The van der Waals surface area contributed by atoms with Crippen LogP contribution in [0.15, 0.2) is 30.3 Å². The molecule has 2 aliphatic rings. The lowest BCUT2D eigenvalue weighted by Crippen LogP contribution is -2.29. The molecule has 1 N–H and O–H groups in total. The highest BCUT2D eigenvalue weighted by Gasteiger charge is 2.39. The summed E-state index contributed by atoms with van der Waals surface area (Å²) in [5.74, 6) is 0.946. The van der Waals surface area contributed by atoms with Gasteiger partial charge in [0.15, 0.2) is 0 Å². The maximum absolute atomic E-state index is 5.37. The van der Waals surface area contributed by atoms with E-state index in [1.165, 1.54) is 39.0 Å². The van der Waals surface area contributed by atoms with Crippen molar-refractivity contribution in [3.63, 3.8) is 0 Å². The molecule has 3 heteroatoms. The van der Waals surface area contributed by atoms with Crippen molar-refractivity contribution < 1.29 is 4.74 Å². The Morgan fingerprint density at radius 2 is 2.25 bits per heavy atom. The van der Waals surface area contributed by atoms with Crippen LogP contribution in [0.1, 0.15) is 18.4 Å². The topological polar surface area (TPSA) is 24.5 Å². The van der Waals surface area contributed by atoms with Crippen molar-refractivity contribution in [3.8, 4) is 5.75 Å². The Bertz CT molecular complexity index is 478. The van der Waals surface area contributed by atoms with Crippen LogP contribution in [0.4, 0.5) is 0 Å². The second-order valence-corrected chi connectivity index (χ2v) is 6.06. The molecule has 0 bridgehead atoms. The van der Waals surface area contributed by atoms with Crippen molar-refractivity contribution in [3.05, 3.63) is 35.9 Å². The molecule has 20 heavy (non-hydrogen) atoms. The van der Waals surface area contributed by atoms with Crippen molar-refractivity contribution in [2.75, 3.05) is 39.8 Å². The largest absolute Gasteiger partial charge is 0.496 e. The first kappa shape index (κ1) is 13.7. The fourth-order valence-corrected chi connectivity index (χ4v) is 3.46. The third-order valence-electron chi connectivity index (χ3n) is 4.65. The summed E-state index contributed by atoms with van der Waals surface area (Å²) in [6.45, 7) is 5.93. The predicted octanol–water partition coefficient (Wildman–Crippen LogP) is 2.39. The van der Waals surface area contributed by atoms with Gasteiger partial charge in [-0.3, -0.25) is 4.90 Å². The van der Waals surface area contributed by atoms with Gasteiger partial charge in [-0.05, 0) is 37.4 Å². The van der Waals surface area contributed by atoms with E-state index in [4.69, 9.17) is 4.74 Å². The average molecular weight is 272 g/mol. The number of ether oxygens (including phenoxy) is 1. The van der Waals surface area contributed by atoms with E-state index in [-0.39, 0.29) is 0 Å². The fraction of sp³-hybridized carbons (Fsp3) is 0.529. The van der Waals surface area contributed by atoms with Crippen molar-refractivity contribution in [1.82, 2.24) is 10.2 Å². The van der Waals surface area contributed by atoms with Gasteiger partial charge in [0.2, 0.25) is 0 Å². The van der Waals surface area contributed by atoms with Crippen LogP contribution in [-0.4, -0.2) is 44.7 Å². The summed E-state index contributed by atoms with van der Waals surface area (Å²) in [7, 11) is 1.73. The molecule has 1 unspecified atom stereocenters. The minimum Gasteiger partial charge on any atom is -0.496 e. The number of likely N-dealkylation sites (tertiary alicyclic amines) is 1. The standard InChI is InChI=1S/C17H24N2O/c1-20-16-7-3-2-5-15(16)6-4-11-19-12-9-17(14-19)8-10-18-13-17/h2-7,18H,8-14H2,1H3/b6-4+. The number of hydrogen-bond donors (Lipinski definition) is 1. The number of rotatable bonds is 4. The summed E-state index contributed by atoms with van der Waals surface area (Å²) in [6.07, 6.45) is 7.14. The van der Waals surface area contributed by atoms with E-state index in [0.29, 0.717) is 5.41 Å². The Kier molecular flexibility index (Phi) is 4.08. The summed E-state index contributed by atoms with van der Waals surface area (Å²) in [6, 6.07) is 8.17. The van der Waals surface area contributed by atoms with Crippen LogP contribution in [0.25, 0.3) is 6.08 Å². The van der Waals surface area contributed by atoms with E-state index in [2.05, 4.69) is 34.5 Å². The highest BCUT2D eigenvalue weighted by Crippen LogP contribution is 2.35. The zero-order chi connectivity index (χ0) is 13.8. The van der Waals surface area contributed by atoms with Crippen molar-refractivity contribution in [1.29, 1.82) is 0 Å². The molecular weight excluding hydrogens is 248 g/mol. The average Bonchev–Trinajstić information content (AvgIpc) is 3.10. The lowest BCUT2D eigenvalue weighted by atomic mass is 9.87. The second kappa shape index (κ2) is 5.98. The molecule has 108 valence electrons. The van der Waals surface area contributed by atoms with Gasteiger partial charge in [-0.25, -0.2) is 0 Å². The van der Waals surface area contributed by atoms with Gasteiger partial charge in [0.25, 0.3) is 0 Å². The normalized spacial score (nSPS) is 26.9. The van der Waals surface area contributed by atoms with E-state index in [1.54, 1.807) is 7.11 Å². The zero-order valence-electron chi connectivity index (χ0n) is 12.3. The third kappa shape index (κ3) is 2.89. The molecule has 0 aromatic heterocycles. The molecule has 0 amide bonds. The summed E-state index contributed by atoms with van der Waals surface area (Å²) >= 11 is 0. The first-order valence-electron chi connectivity index (χ1n) is 7.54. The fourth-order valence-electron chi connectivity index (χ4n) is 3.46. The van der Waals surface area contributed by atoms with Gasteiger partial charge in [0.05, 0.1) is 7.11 Å². The Morgan fingerprint density at radius 1 is 1.35 bits per heavy atom. The van der Waals surface area contributed by atoms with Gasteiger partial charge < -0.3 is 10.1 Å². The molecule has 1 spiro atoms. The van der Waals surface area contributed by atoms with Gasteiger partial charge in [-0.1, -0.05) is 30.4 Å². The van der Waals surface area contributed by atoms with Crippen LogP contribution in [0, 0.1) is 5.41 Å². The third-order valence-corrected chi connectivity index (χ3v) is 4.65. The minimum atomic E-state index is 0.568. The molecule has 2 heterocycles. The van der Waals surface area contributed by atoms with Gasteiger partial charge in [0, 0.05) is 25.2 Å². The van der Waals surface area contributed by atoms with Crippen molar-refractivity contribution >= 4 is 6.08 Å². The summed E-state index contributed by atoms with van der Waals surface area (Å²) in [4.78, 5) is 2.57. The number of benzene rings is 1. The maximum atomic E-state index is 5.37. The SMILES string of the molecule is COc1ccccc1/C=C/CN1CCC2(CCNC2)C1. The smallest absolute Gasteiger partial charge is 0.126 e. The molecule has 1 atom stereocenters. The summed E-state index contributed by atoms with van der Waals surface area (Å²) in [5.41, 5.74) is 1.73. The van der Waals surface area contributed by atoms with Gasteiger partial charge in [0.1, 0.15) is 5.75 Å². The molecule has 3 nitrogen and oxygen atoms in total. The lowest BCUT2D eigenvalue weighted by Gasteiger charge is -2.22. The van der Waals surface area contributed by atoms with Crippen molar-refractivity contribution in [2.45, 2.75) is 12.8 Å².